The smallest absolute Gasteiger partial charge is 0.355 e. The summed E-state index contributed by atoms with van der Waals surface area (Å²) in [6, 6.07) is 8.23. The average molecular weight is 321 g/mol. The normalized spacial score (nSPS) is 11.0. The van der Waals surface area contributed by atoms with E-state index in [1.54, 1.807) is 5.38 Å². The highest BCUT2D eigenvalue weighted by atomic mass is 32.2. The summed E-state index contributed by atoms with van der Waals surface area (Å²) in [6.45, 7) is 4.49. The van der Waals surface area contributed by atoms with Crippen molar-refractivity contribution in [2.45, 2.75) is 26.0 Å². The van der Waals surface area contributed by atoms with Crippen molar-refractivity contribution in [1.82, 2.24) is 4.98 Å². The Morgan fingerprint density at radius 2 is 2.05 bits per heavy atom. The van der Waals surface area contributed by atoms with E-state index < -0.39 is 5.97 Å². The van der Waals surface area contributed by atoms with Crippen LogP contribution in [0.5, 0.6) is 0 Å². The maximum absolute atomic E-state index is 10.8. The molecule has 0 aliphatic rings. The average Bonchev–Trinajstić information content (AvgIpc) is 2.94. The lowest BCUT2D eigenvalue weighted by Crippen LogP contribution is -1.95. The van der Waals surface area contributed by atoms with Gasteiger partial charge in [-0.05, 0) is 23.7 Å². The van der Waals surface area contributed by atoms with Crippen LogP contribution in [0.1, 0.15) is 36.3 Å². The van der Waals surface area contributed by atoms with Gasteiger partial charge in [-0.15, -0.1) is 11.3 Å². The molecule has 1 N–H and O–H groups in total. The van der Waals surface area contributed by atoms with Crippen molar-refractivity contribution in [3.63, 3.8) is 0 Å². The molecule has 2 rings (SSSR count). The van der Waals surface area contributed by atoms with Crippen molar-refractivity contribution in [2.24, 2.45) is 5.92 Å². The molecule has 0 aliphatic heterocycles. The minimum Gasteiger partial charge on any atom is -0.476 e. The van der Waals surface area contributed by atoms with E-state index in [1.807, 2.05) is 23.9 Å². The van der Waals surface area contributed by atoms with E-state index in [1.165, 1.54) is 29.1 Å². The number of carbonyl (C=O) groups is 1. The number of thioether (sulfide) groups is 1. The minimum absolute atomic E-state index is 0.114. The summed E-state index contributed by atoms with van der Waals surface area (Å²) in [4.78, 5) is 15.0. The molecule has 1 aromatic heterocycles. The van der Waals surface area contributed by atoms with Crippen LogP contribution in [0.2, 0.25) is 0 Å². The number of carboxylic acid groups (broad SMARTS) is 1. The number of thiazole rings is 1. The first-order chi connectivity index (χ1) is 10.1. The molecule has 112 valence electrons. The molecule has 21 heavy (non-hydrogen) atoms. The highest BCUT2D eigenvalue weighted by Gasteiger charge is 2.09. The number of aromatic carboxylic acids is 1. The molecular weight excluding hydrogens is 302 g/mol. The first-order valence-electron chi connectivity index (χ1n) is 6.92. The Bertz CT molecular complexity index is 591. The fourth-order valence-corrected chi connectivity index (χ4v) is 3.77. The van der Waals surface area contributed by atoms with E-state index in [2.05, 4.69) is 31.0 Å². The lowest BCUT2D eigenvalue weighted by atomic mass is 10.2. The van der Waals surface area contributed by atoms with Crippen molar-refractivity contribution < 1.29 is 9.90 Å². The van der Waals surface area contributed by atoms with Gasteiger partial charge in [-0.2, -0.15) is 11.8 Å². The van der Waals surface area contributed by atoms with Gasteiger partial charge in [0, 0.05) is 16.7 Å². The van der Waals surface area contributed by atoms with Gasteiger partial charge in [0.1, 0.15) is 5.01 Å². The van der Waals surface area contributed by atoms with Gasteiger partial charge in [-0.25, -0.2) is 9.78 Å². The van der Waals surface area contributed by atoms with Crippen LogP contribution in [0.3, 0.4) is 0 Å². The van der Waals surface area contributed by atoms with Crippen LogP contribution in [0, 0.1) is 5.92 Å². The summed E-state index contributed by atoms with van der Waals surface area (Å²) in [6.07, 6.45) is 1.25. The van der Waals surface area contributed by atoms with E-state index >= 15 is 0 Å². The molecule has 0 spiro atoms. The van der Waals surface area contributed by atoms with Gasteiger partial charge < -0.3 is 5.11 Å². The Morgan fingerprint density at radius 3 is 2.62 bits per heavy atom. The molecule has 0 unspecified atom stereocenters. The van der Waals surface area contributed by atoms with E-state index in [0.717, 1.165) is 22.2 Å². The molecule has 0 saturated carbocycles. The van der Waals surface area contributed by atoms with Gasteiger partial charge in [0.15, 0.2) is 5.69 Å². The summed E-state index contributed by atoms with van der Waals surface area (Å²) in [5.74, 6) is 1.99. The quantitative estimate of drug-likeness (QED) is 0.745. The van der Waals surface area contributed by atoms with Crippen LogP contribution in [0.4, 0.5) is 0 Å². The number of carboxylic acids is 1. The third-order valence-electron chi connectivity index (χ3n) is 3.03. The Labute approximate surface area is 133 Å². The van der Waals surface area contributed by atoms with Gasteiger partial charge >= 0.3 is 5.97 Å². The van der Waals surface area contributed by atoms with Crippen molar-refractivity contribution in [3.05, 3.63) is 40.9 Å². The van der Waals surface area contributed by atoms with Crippen LogP contribution in [0.15, 0.2) is 29.6 Å². The van der Waals surface area contributed by atoms with E-state index in [-0.39, 0.29) is 5.69 Å². The maximum atomic E-state index is 10.8. The van der Waals surface area contributed by atoms with Gasteiger partial charge in [0.2, 0.25) is 0 Å². The third-order valence-corrected chi connectivity index (χ3v) is 4.99. The maximum Gasteiger partial charge on any atom is 0.355 e. The molecule has 2 aromatic rings. The number of hydrogen-bond acceptors (Lipinski definition) is 4. The summed E-state index contributed by atoms with van der Waals surface area (Å²) in [7, 11) is 0. The molecule has 0 fully saturated rings. The number of nitrogens with zero attached hydrogens (tertiary/aromatic N) is 1. The zero-order valence-electron chi connectivity index (χ0n) is 12.2. The van der Waals surface area contributed by atoms with E-state index in [9.17, 15) is 4.79 Å². The fourth-order valence-electron chi connectivity index (χ4n) is 1.76. The topological polar surface area (TPSA) is 50.2 Å². The molecule has 0 bridgehead atoms. The zero-order chi connectivity index (χ0) is 15.2. The molecule has 1 aromatic carbocycles. The predicted molar refractivity (Wildman–Crippen MR) is 90.1 cm³/mol. The highest BCUT2D eigenvalue weighted by Crippen LogP contribution is 2.25. The number of benzene rings is 1. The second-order valence-electron chi connectivity index (χ2n) is 5.28. The van der Waals surface area contributed by atoms with E-state index in [0.29, 0.717) is 0 Å². The van der Waals surface area contributed by atoms with Gasteiger partial charge in [0.25, 0.3) is 0 Å². The SMILES string of the molecule is CC(C)CCSCc1ccc(-c2nc(C(=O)O)cs2)cc1. The molecular formula is C16H19NO2S2. The van der Waals surface area contributed by atoms with Crippen LogP contribution in [-0.2, 0) is 5.75 Å². The molecule has 0 aliphatic carbocycles. The lowest BCUT2D eigenvalue weighted by molar-refractivity contribution is 0.0691. The number of hydrogen-bond donors (Lipinski definition) is 1. The van der Waals surface area contributed by atoms with E-state index in [4.69, 9.17) is 5.11 Å². The van der Waals surface area contributed by atoms with Gasteiger partial charge in [-0.1, -0.05) is 38.1 Å². The fraction of sp³-hybridized carbons (Fsp3) is 0.375. The van der Waals surface area contributed by atoms with Crippen molar-refractivity contribution in [3.8, 4) is 10.6 Å². The summed E-state index contributed by atoms with van der Waals surface area (Å²) >= 11 is 3.32. The molecule has 3 nitrogen and oxygen atoms in total. The summed E-state index contributed by atoms with van der Waals surface area (Å²) < 4.78 is 0. The Balaban J connectivity index is 1.93. The summed E-state index contributed by atoms with van der Waals surface area (Å²) in [5.41, 5.74) is 2.38. The van der Waals surface area contributed by atoms with Crippen LogP contribution >= 0.6 is 23.1 Å². The third kappa shape index (κ3) is 4.86. The molecule has 5 heteroatoms. The zero-order valence-corrected chi connectivity index (χ0v) is 13.8. The van der Waals surface area contributed by atoms with Gasteiger partial charge in [-0.3, -0.25) is 0 Å². The number of rotatable bonds is 7. The van der Waals surface area contributed by atoms with Crippen LogP contribution < -0.4 is 0 Å². The first kappa shape index (κ1) is 16.0. The van der Waals surface area contributed by atoms with Gasteiger partial charge in [0.05, 0.1) is 0 Å². The Morgan fingerprint density at radius 1 is 1.33 bits per heavy atom. The molecule has 0 amide bonds. The molecule has 0 saturated heterocycles. The number of aromatic nitrogens is 1. The second-order valence-corrected chi connectivity index (χ2v) is 7.24. The second kappa shape index (κ2) is 7.61. The van der Waals surface area contributed by atoms with Crippen LogP contribution in [-0.4, -0.2) is 21.8 Å². The minimum atomic E-state index is -0.976. The standard InChI is InChI=1S/C16H19NO2S2/c1-11(2)7-8-20-9-12-3-5-13(6-4-12)15-17-14(10-21-15)16(18)19/h3-6,10-11H,7-9H2,1-2H3,(H,18,19). The summed E-state index contributed by atoms with van der Waals surface area (Å²) in [5, 5.41) is 11.2. The molecule has 1 heterocycles. The first-order valence-corrected chi connectivity index (χ1v) is 8.95. The molecule has 0 radical (unpaired) electrons. The van der Waals surface area contributed by atoms with Crippen molar-refractivity contribution in [2.75, 3.05) is 5.75 Å². The van der Waals surface area contributed by atoms with Crippen molar-refractivity contribution in [1.29, 1.82) is 0 Å². The van der Waals surface area contributed by atoms with Crippen molar-refractivity contribution >= 4 is 29.1 Å². The Kier molecular flexibility index (Phi) is 5.82. The monoisotopic (exact) mass is 321 g/mol. The molecule has 0 atom stereocenters. The largest absolute Gasteiger partial charge is 0.476 e. The lowest BCUT2D eigenvalue weighted by Gasteiger charge is -2.05. The highest BCUT2D eigenvalue weighted by molar-refractivity contribution is 7.98. The van der Waals surface area contributed by atoms with Crippen LogP contribution in [0.25, 0.3) is 10.6 Å². The predicted octanol–water partition coefficient (Wildman–Crippen LogP) is 4.79. The Hall–Kier alpha value is -1.33.